The van der Waals surface area contributed by atoms with Crippen molar-refractivity contribution in [3.05, 3.63) is 48.0 Å². The first-order chi connectivity index (χ1) is 15.5. The molecule has 2 aliphatic heterocycles. The fourth-order valence-corrected chi connectivity index (χ4v) is 5.16. The van der Waals surface area contributed by atoms with Crippen LogP contribution in [0.1, 0.15) is 10.4 Å². The predicted molar refractivity (Wildman–Crippen MR) is 120 cm³/mol. The summed E-state index contributed by atoms with van der Waals surface area (Å²) in [4.78, 5) is 15.2. The van der Waals surface area contributed by atoms with Gasteiger partial charge < -0.3 is 24.4 Å². The lowest BCUT2D eigenvalue weighted by atomic mass is 10.1. The van der Waals surface area contributed by atoms with Crippen LogP contribution >= 0.6 is 0 Å². The van der Waals surface area contributed by atoms with Crippen molar-refractivity contribution in [2.75, 3.05) is 69.9 Å². The number of hydrogen-bond acceptors (Lipinski definition) is 7. The number of methoxy groups -OCH3 is 1. The quantitative estimate of drug-likeness (QED) is 0.701. The van der Waals surface area contributed by atoms with E-state index < -0.39 is 10.0 Å². The molecule has 2 saturated heterocycles. The zero-order valence-electron chi connectivity index (χ0n) is 18.0. The van der Waals surface area contributed by atoms with Crippen molar-refractivity contribution in [1.29, 1.82) is 0 Å². The molecule has 0 aliphatic carbocycles. The molecular weight excluding hydrogens is 434 g/mol. The van der Waals surface area contributed by atoms with Crippen LogP contribution in [0.2, 0.25) is 0 Å². The summed E-state index contributed by atoms with van der Waals surface area (Å²) >= 11 is 0. The monoisotopic (exact) mass is 461 g/mol. The second-order valence-electron chi connectivity index (χ2n) is 7.48. The molecule has 0 spiro atoms. The van der Waals surface area contributed by atoms with E-state index in [4.69, 9.17) is 14.2 Å². The number of anilines is 2. The van der Waals surface area contributed by atoms with Gasteiger partial charge in [0.1, 0.15) is 5.75 Å². The van der Waals surface area contributed by atoms with Crippen LogP contribution in [-0.4, -0.2) is 78.3 Å². The molecular formula is C22H27N3O6S. The lowest BCUT2D eigenvalue weighted by molar-refractivity contribution is 0.0730. The Bertz CT molecular complexity index is 1050. The second kappa shape index (κ2) is 9.86. The molecule has 1 amide bonds. The van der Waals surface area contributed by atoms with E-state index in [0.717, 1.165) is 18.8 Å². The molecule has 0 saturated carbocycles. The van der Waals surface area contributed by atoms with Crippen molar-refractivity contribution < 1.29 is 27.4 Å². The van der Waals surface area contributed by atoms with Crippen LogP contribution in [0.5, 0.6) is 5.75 Å². The normalized spacial score (nSPS) is 17.7. The molecule has 2 aliphatic rings. The molecule has 2 heterocycles. The number of nitrogens with one attached hydrogen (secondary N) is 1. The summed E-state index contributed by atoms with van der Waals surface area (Å²) in [5, 5.41) is 2.79. The highest BCUT2D eigenvalue weighted by molar-refractivity contribution is 7.89. The Morgan fingerprint density at radius 3 is 2.19 bits per heavy atom. The molecule has 10 heteroatoms. The molecule has 2 aromatic carbocycles. The molecule has 0 atom stereocenters. The zero-order chi connectivity index (χ0) is 22.6. The van der Waals surface area contributed by atoms with E-state index in [1.54, 1.807) is 18.2 Å². The largest absolute Gasteiger partial charge is 0.495 e. The summed E-state index contributed by atoms with van der Waals surface area (Å²) < 4.78 is 43.3. The van der Waals surface area contributed by atoms with Crippen molar-refractivity contribution in [3.63, 3.8) is 0 Å². The van der Waals surface area contributed by atoms with Gasteiger partial charge in [0.15, 0.2) is 0 Å². The standard InChI is InChI=1S/C22H27N3O6S/c1-29-21-7-6-19(32(27,28)25-10-14-31-15-11-25)16-20(21)23-22(26)17-2-4-18(5-3-17)24-8-12-30-13-9-24/h2-7,16H,8-15H2,1H3,(H,23,26). The van der Waals surface area contributed by atoms with Crippen LogP contribution in [-0.2, 0) is 19.5 Å². The van der Waals surface area contributed by atoms with E-state index in [1.165, 1.54) is 23.5 Å². The minimum absolute atomic E-state index is 0.0955. The molecule has 32 heavy (non-hydrogen) atoms. The molecule has 9 nitrogen and oxygen atoms in total. The molecule has 2 aromatic rings. The summed E-state index contributed by atoms with van der Waals surface area (Å²) in [6, 6.07) is 11.8. The third-order valence-electron chi connectivity index (χ3n) is 5.53. The highest BCUT2D eigenvalue weighted by atomic mass is 32.2. The first-order valence-electron chi connectivity index (χ1n) is 10.5. The van der Waals surface area contributed by atoms with Crippen LogP contribution in [0, 0.1) is 0 Å². The van der Waals surface area contributed by atoms with Crippen LogP contribution in [0.4, 0.5) is 11.4 Å². The number of morpholine rings is 2. The van der Waals surface area contributed by atoms with Crippen molar-refractivity contribution in [1.82, 2.24) is 4.31 Å². The molecule has 4 rings (SSSR count). The maximum Gasteiger partial charge on any atom is 0.255 e. The molecule has 0 radical (unpaired) electrons. The Kier molecular flexibility index (Phi) is 6.95. The number of nitrogens with zero attached hydrogens (tertiary/aromatic N) is 2. The number of ether oxygens (including phenoxy) is 3. The first kappa shape index (κ1) is 22.5. The Labute approximate surface area is 187 Å². The van der Waals surface area contributed by atoms with Gasteiger partial charge in [-0.2, -0.15) is 4.31 Å². The number of carbonyl (C=O) groups excluding carboxylic acids is 1. The van der Waals surface area contributed by atoms with Gasteiger partial charge in [0.05, 0.1) is 44.1 Å². The van der Waals surface area contributed by atoms with E-state index >= 15 is 0 Å². The minimum atomic E-state index is -3.70. The summed E-state index contributed by atoms with van der Waals surface area (Å²) in [6.07, 6.45) is 0. The van der Waals surface area contributed by atoms with Gasteiger partial charge in [-0.05, 0) is 42.5 Å². The van der Waals surface area contributed by atoms with Gasteiger partial charge in [-0.25, -0.2) is 8.42 Å². The summed E-state index contributed by atoms with van der Waals surface area (Å²) in [6.45, 7) is 4.31. The summed E-state index contributed by atoms with van der Waals surface area (Å²) in [7, 11) is -2.23. The molecule has 0 bridgehead atoms. The second-order valence-corrected chi connectivity index (χ2v) is 9.42. The lowest BCUT2D eigenvalue weighted by Gasteiger charge is -2.28. The first-order valence-corrected chi connectivity index (χ1v) is 11.9. The van der Waals surface area contributed by atoms with E-state index in [0.29, 0.717) is 56.5 Å². The van der Waals surface area contributed by atoms with Crippen molar-refractivity contribution in [2.45, 2.75) is 4.90 Å². The van der Waals surface area contributed by atoms with Crippen LogP contribution in [0.3, 0.4) is 0 Å². The fraction of sp³-hybridized carbons (Fsp3) is 0.409. The number of amides is 1. The number of sulfonamides is 1. The topological polar surface area (TPSA) is 97.4 Å². The maximum atomic E-state index is 13.0. The van der Waals surface area contributed by atoms with Gasteiger partial charge in [-0.3, -0.25) is 4.79 Å². The SMILES string of the molecule is COc1ccc(S(=O)(=O)N2CCOCC2)cc1NC(=O)c1ccc(N2CCOCC2)cc1. The van der Waals surface area contributed by atoms with Gasteiger partial charge in [0.2, 0.25) is 10.0 Å². The van der Waals surface area contributed by atoms with Gasteiger partial charge in [-0.1, -0.05) is 0 Å². The predicted octanol–water partition coefficient (Wildman–Crippen LogP) is 1.80. The Morgan fingerprint density at radius 2 is 1.56 bits per heavy atom. The van der Waals surface area contributed by atoms with Crippen LogP contribution < -0.4 is 15.0 Å². The van der Waals surface area contributed by atoms with E-state index in [-0.39, 0.29) is 10.8 Å². The van der Waals surface area contributed by atoms with E-state index in [9.17, 15) is 13.2 Å². The molecule has 0 aromatic heterocycles. The van der Waals surface area contributed by atoms with E-state index in [2.05, 4.69) is 10.2 Å². The fourth-order valence-electron chi connectivity index (χ4n) is 3.72. The molecule has 172 valence electrons. The molecule has 1 N–H and O–H groups in total. The van der Waals surface area contributed by atoms with Crippen molar-refractivity contribution >= 4 is 27.3 Å². The van der Waals surface area contributed by atoms with Gasteiger partial charge in [-0.15, -0.1) is 0 Å². The number of rotatable bonds is 6. The Balaban J connectivity index is 1.52. The lowest BCUT2D eigenvalue weighted by Crippen LogP contribution is -2.40. The minimum Gasteiger partial charge on any atom is -0.495 e. The Hall–Kier alpha value is -2.66. The highest BCUT2D eigenvalue weighted by Gasteiger charge is 2.27. The average molecular weight is 462 g/mol. The van der Waals surface area contributed by atoms with Gasteiger partial charge >= 0.3 is 0 Å². The van der Waals surface area contributed by atoms with Gasteiger partial charge in [0.25, 0.3) is 5.91 Å². The summed E-state index contributed by atoms with van der Waals surface area (Å²) in [5.41, 5.74) is 1.79. The third kappa shape index (κ3) is 4.88. The highest BCUT2D eigenvalue weighted by Crippen LogP contribution is 2.30. The van der Waals surface area contributed by atoms with E-state index in [1.807, 2.05) is 12.1 Å². The average Bonchev–Trinajstić information content (AvgIpc) is 2.85. The molecule has 2 fully saturated rings. The Morgan fingerprint density at radius 1 is 0.938 bits per heavy atom. The van der Waals surface area contributed by atoms with Gasteiger partial charge in [0, 0.05) is 37.4 Å². The summed E-state index contributed by atoms with van der Waals surface area (Å²) in [5.74, 6) is 0.0296. The third-order valence-corrected chi connectivity index (χ3v) is 7.43. The molecule has 0 unspecified atom stereocenters. The maximum absolute atomic E-state index is 13.0. The number of hydrogen-bond donors (Lipinski definition) is 1. The zero-order valence-corrected chi connectivity index (χ0v) is 18.8. The van der Waals surface area contributed by atoms with Crippen LogP contribution in [0.15, 0.2) is 47.4 Å². The van der Waals surface area contributed by atoms with Crippen molar-refractivity contribution in [2.24, 2.45) is 0 Å². The van der Waals surface area contributed by atoms with Crippen molar-refractivity contribution in [3.8, 4) is 5.75 Å². The van der Waals surface area contributed by atoms with Crippen LogP contribution in [0.25, 0.3) is 0 Å². The smallest absolute Gasteiger partial charge is 0.255 e. The number of carbonyl (C=O) groups is 1. The number of benzene rings is 2.